The summed E-state index contributed by atoms with van der Waals surface area (Å²) >= 11 is 6.11. The summed E-state index contributed by atoms with van der Waals surface area (Å²) in [4.78, 5) is 21.1. The third kappa shape index (κ3) is 3.62. The standard InChI is InChI=1S/C20H22ClN5O2/c1-14-16-12-26(23-18(16)5-6-22-14)13-20(27)25-9-7-24(8-10-25)15-3-4-17(21)19(11-15)28-2/h3-6,11-12H,7-10,13H2,1-2H3. The number of ether oxygens (including phenoxy) is 1. The number of aromatic nitrogens is 3. The van der Waals surface area contributed by atoms with E-state index in [9.17, 15) is 4.79 Å². The van der Waals surface area contributed by atoms with Crippen molar-refractivity contribution in [2.24, 2.45) is 0 Å². The first-order valence-electron chi connectivity index (χ1n) is 9.20. The predicted octanol–water partition coefficient (Wildman–Crippen LogP) is 2.75. The van der Waals surface area contributed by atoms with Crippen molar-refractivity contribution in [3.05, 3.63) is 47.4 Å². The van der Waals surface area contributed by atoms with Crippen LogP contribution in [0.15, 0.2) is 36.7 Å². The van der Waals surface area contributed by atoms with Gasteiger partial charge in [-0.15, -0.1) is 0 Å². The van der Waals surface area contributed by atoms with E-state index < -0.39 is 0 Å². The van der Waals surface area contributed by atoms with Gasteiger partial charge in [0.15, 0.2) is 0 Å². The van der Waals surface area contributed by atoms with Crippen LogP contribution in [0.2, 0.25) is 5.02 Å². The number of piperazine rings is 1. The zero-order valence-corrected chi connectivity index (χ0v) is 16.7. The van der Waals surface area contributed by atoms with Gasteiger partial charge in [0.2, 0.25) is 5.91 Å². The largest absolute Gasteiger partial charge is 0.495 e. The van der Waals surface area contributed by atoms with Gasteiger partial charge in [-0.2, -0.15) is 5.10 Å². The lowest BCUT2D eigenvalue weighted by atomic mass is 10.2. The van der Waals surface area contributed by atoms with Gasteiger partial charge in [0.25, 0.3) is 0 Å². The Balaban J connectivity index is 1.39. The van der Waals surface area contributed by atoms with Crippen molar-refractivity contribution < 1.29 is 9.53 Å². The predicted molar refractivity (Wildman–Crippen MR) is 109 cm³/mol. The number of pyridine rings is 1. The Morgan fingerprint density at radius 1 is 1.21 bits per heavy atom. The van der Waals surface area contributed by atoms with Crippen LogP contribution in [0.4, 0.5) is 5.69 Å². The number of anilines is 1. The number of benzene rings is 1. The minimum absolute atomic E-state index is 0.0757. The third-order valence-electron chi connectivity index (χ3n) is 5.11. The zero-order chi connectivity index (χ0) is 19.7. The fourth-order valence-electron chi connectivity index (χ4n) is 3.51. The second kappa shape index (κ2) is 7.67. The van der Waals surface area contributed by atoms with Crippen molar-refractivity contribution in [3.63, 3.8) is 0 Å². The maximum atomic E-state index is 12.7. The molecule has 1 fully saturated rings. The van der Waals surface area contributed by atoms with Crippen LogP contribution in [0.25, 0.3) is 10.9 Å². The molecule has 3 heterocycles. The summed E-state index contributed by atoms with van der Waals surface area (Å²) in [6.45, 7) is 5.06. The lowest BCUT2D eigenvalue weighted by molar-refractivity contribution is -0.132. The van der Waals surface area contributed by atoms with Crippen LogP contribution in [-0.2, 0) is 11.3 Å². The lowest BCUT2D eigenvalue weighted by Gasteiger charge is -2.36. The van der Waals surface area contributed by atoms with Crippen molar-refractivity contribution >= 4 is 34.1 Å². The number of fused-ring (bicyclic) bond motifs is 1. The molecule has 0 saturated carbocycles. The fourth-order valence-corrected chi connectivity index (χ4v) is 3.70. The Hall–Kier alpha value is -2.80. The molecule has 1 aliphatic rings. The molecule has 7 nitrogen and oxygen atoms in total. The molecule has 1 aliphatic heterocycles. The van der Waals surface area contributed by atoms with Crippen molar-refractivity contribution in [2.75, 3.05) is 38.2 Å². The molecule has 8 heteroatoms. The molecular formula is C20H22ClN5O2. The van der Waals surface area contributed by atoms with E-state index in [1.807, 2.05) is 42.3 Å². The molecule has 0 N–H and O–H groups in total. The second-order valence-corrected chi connectivity index (χ2v) is 7.25. The maximum Gasteiger partial charge on any atom is 0.244 e. The van der Waals surface area contributed by atoms with Gasteiger partial charge in [0.05, 0.1) is 17.6 Å². The normalized spacial score (nSPS) is 14.5. The molecule has 1 amide bonds. The van der Waals surface area contributed by atoms with Crippen molar-refractivity contribution in [3.8, 4) is 5.75 Å². The highest BCUT2D eigenvalue weighted by Gasteiger charge is 2.22. The van der Waals surface area contributed by atoms with Crippen molar-refractivity contribution in [2.45, 2.75) is 13.5 Å². The number of halogens is 1. The van der Waals surface area contributed by atoms with Crippen LogP contribution in [-0.4, -0.2) is 58.9 Å². The summed E-state index contributed by atoms with van der Waals surface area (Å²) in [7, 11) is 1.61. The highest BCUT2D eigenvalue weighted by atomic mass is 35.5. The number of rotatable bonds is 4. The van der Waals surface area contributed by atoms with E-state index in [4.69, 9.17) is 16.3 Å². The molecule has 1 saturated heterocycles. The van der Waals surface area contributed by atoms with E-state index in [2.05, 4.69) is 15.0 Å². The number of methoxy groups -OCH3 is 1. The first kappa shape index (κ1) is 18.6. The van der Waals surface area contributed by atoms with Gasteiger partial charge < -0.3 is 14.5 Å². The van der Waals surface area contributed by atoms with Gasteiger partial charge in [-0.1, -0.05) is 11.6 Å². The molecule has 28 heavy (non-hydrogen) atoms. The summed E-state index contributed by atoms with van der Waals surface area (Å²) in [5.74, 6) is 0.736. The molecule has 1 aromatic carbocycles. The van der Waals surface area contributed by atoms with Gasteiger partial charge in [-0.3, -0.25) is 14.5 Å². The SMILES string of the molecule is COc1cc(N2CCN(C(=O)Cn3cc4c(C)nccc4n3)CC2)ccc1Cl. The number of carbonyl (C=O) groups is 1. The Morgan fingerprint density at radius 2 is 2.00 bits per heavy atom. The van der Waals surface area contributed by atoms with E-state index in [0.29, 0.717) is 23.9 Å². The average Bonchev–Trinajstić information content (AvgIpc) is 3.12. The van der Waals surface area contributed by atoms with Crippen LogP contribution in [0.5, 0.6) is 5.75 Å². The first-order chi connectivity index (χ1) is 13.5. The van der Waals surface area contributed by atoms with Gasteiger partial charge in [0, 0.05) is 61.4 Å². The molecular weight excluding hydrogens is 378 g/mol. The topological polar surface area (TPSA) is 63.5 Å². The lowest BCUT2D eigenvalue weighted by Crippen LogP contribution is -2.49. The number of amides is 1. The summed E-state index contributed by atoms with van der Waals surface area (Å²) in [6.07, 6.45) is 3.63. The van der Waals surface area contributed by atoms with E-state index in [0.717, 1.165) is 35.4 Å². The van der Waals surface area contributed by atoms with Crippen molar-refractivity contribution in [1.29, 1.82) is 0 Å². The minimum atomic E-state index is 0.0757. The Morgan fingerprint density at radius 3 is 2.71 bits per heavy atom. The smallest absolute Gasteiger partial charge is 0.244 e. The Bertz CT molecular complexity index is 1010. The van der Waals surface area contributed by atoms with Gasteiger partial charge in [-0.05, 0) is 25.1 Å². The molecule has 3 aromatic rings. The Labute approximate surface area is 168 Å². The molecule has 4 rings (SSSR count). The minimum Gasteiger partial charge on any atom is -0.495 e. The highest BCUT2D eigenvalue weighted by molar-refractivity contribution is 6.32. The second-order valence-electron chi connectivity index (χ2n) is 6.84. The third-order valence-corrected chi connectivity index (χ3v) is 5.42. The molecule has 0 spiro atoms. The van der Waals surface area contributed by atoms with E-state index in [1.54, 1.807) is 18.0 Å². The Kier molecular flexibility index (Phi) is 5.09. The average molecular weight is 400 g/mol. The van der Waals surface area contributed by atoms with Crippen LogP contribution in [0.3, 0.4) is 0 Å². The number of hydrogen-bond acceptors (Lipinski definition) is 5. The molecule has 0 aliphatic carbocycles. The van der Waals surface area contributed by atoms with E-state index in [-0.39, 0.29) is 12.5 Å². The summed E-state index contributed by atoms with van der Waals surface area (Å²) in [5, 5.41) is 6.07. The van der Waals surface area contributed by atoms with Crippen LogP contribution in [0, 0.1) is 6.92 Å². The molecule has 0 bridgehead atoms. The molecule has 146 valence electrons. The van der Waals surface area contributed by atoms with Gasteiger partial charge in [0.1, 0.15) is 12.3 Å². The van der Waals surface area contributed by atoms with Crippen LogP contribution in [0.1, 0.15) is 5.69 Å². The monoisotopic (exact) mass is 399 g/mol. The van der Waals surface area contributed by atoms with Gasteiger partial charge in [-0.25, -0.2) is 0 Å². The molecule has 0 unspecified atom stereocenters. The summed E-state index contributed by atoms with van der Waals surface area (Å²) in [5.41, 5.74) is 2.83. The first-order valence-corrected chi connectivity index (χ1v) is 9.58. The fraction of sp³-hybridized carbons (Fsp3) is 0.350. The van der Waals surface area contributed by atoms with Crippen LogP contribution >= 0.6 is 11.6 Å². The van der Waals surface area contributed by atoms with E-state index >= 15 is 0 Å². The molecule has 2 aromatic heterocycles. The number of hydrogen-bond donors (Lipinski definition) is 0. The summed E-state index contributed by atoms with van der Waals surface area (Å²) < 4.78 is 7.00. The maximum absolute atomic E-state index is 12.7. The number of carbonyl (C=O) groups excluding carboxylic acids is 1. The van der Waals surface area contributed by atoms with Crippen molar-refractivity contribution in [1.82, 2.24) is 19.7 Å². The summed E-state index contributed by atoms with van der Waals surface area (Å²) in [6, 6.07) is 7.62. The van der Waals surface area contributed by atoms with E-state index in [1.165, 1.54) is 0 Å². The highest BCUT2D eigenvalue weighted by Crippen LogP contribution is 2.29. The number of nitrogens with zero attached hydrogens (tertiary/aromatic N) is 5. The molecule has 0 radical (unpaired) electrons. The van der Waals surface area contributed by atoms with Gasteiger partial charge >= 0.3 is 0 Å². The zero-order valence-electron chi connectivity index (χ0n) is 15.9. The number of aryl methyl sites for hydroxylation is 1. The quantitative estimate of drug-likeness (QED) is 0.675. The molecule has 0 atom stereocenters. The van der Waals surface area contributed by atoms with Crippen LogP contribution < -0.4 is 9.64 Å².